The number of carbonyl (C=O) groups excluding carboxylic acids is 1. The number of carbonyl (C=O) groups is 1. The number of halogens is 1. The van der Waals surface area contributed by atoms with E-state index in [0.717, 1.165) is 5.56 Å². The highest BCUT2D eigenvalue weighted by Gasteiger charge is 2.16. The Balaban J connectivity index is 1.76. The summed E-state index contributed by atoms with van der Waals surface area (Å²) in [4.78, 5) is 16.6. The van der Waals surface area contributed by atoms with Gasteiger partial charge in [0.05, 0.1) is 19.7 Å². The Morgan fingerprint density at radius 2 is 2.12 bits per heavy atom. The molecule has 0 saturated carbocycles. The van der Waals surface area contributed by atoms with Crippen molar-refractivity contribution in [2.75, 3.05) is 7.11 Å². The molecule has 0 unspecified atom stereocenters. The van der Waals surface area contributed by atoms with Crippen molar-refractivity contribution in [3.05, 3.63) is 77.6 Å². The first-order chi connectivity index (χ1) is 12.6. The highest BCUT2D eigenvalue weighted by molar-refractivity contribution is 5.95. The van der Waals surface area contributed by atoms with Gasteiger partial charge in [-0.1, -0.05) is 24.3 Å². The predicted octanol–water partition coefficient (Wildman–Crippen LogP) is 2.97. The molecule has 134 valence electrons. The number of aromatic nitrogens is 3. The highest BCUT2D eigenvalue weighted by Crippen LogP contribution is 2.22. The van der Waals surface area contributed by atoms with Crippen LogP contribution in [0.25, 0.3) is 0 Å². The van der Waals surface area contributed by atoms with Crippen LogP contribution in [0.1, 0.15) is 34.5 Å². The molecule has 0 aliphatic carbocycles. The maximum Gasteiger partial charge on any atom is 0.252 e. The Morgan fingerprint density at radius 1 is 1.31 bits per heavy atom. The first-order valence-corrected chi connectivity index (χ1v) is 8.13. The fourth-order valence-corrected chi connectivity index (χ4v) is 2.68. The molecule has 1 aromatic heterocycles. The number of benzene rings is 2. The molecule has 0 fully saturated rings. The molecule has 2 aromatic carbocycles. The molecule has 1 amide bonds. The Labute approximate surface area is 150 Å². The van der Waals surface area contributed by atoms with Crippen molar-refractivity contribution in [1.29, 1.82) is 0 Å². The lowest BCUT2D eigenvalue weighted by Crippen LogP contribution is -2.28. The van der Waals surface area contributed by atoms with E-state index >= 15 is 0 Å². The Kier molecular flexibility index (Phi) is 5.26. The minimum Gasteiger partial charge on any atom is -0.494 e. The molecule has 1 heterocycles. The van der Waals surface area contributed by atoms with Crippen molar-refractivity contribution in [3.63, 3.8) is 0 Å². The molecule has 0 radical (unpaired) electrons. The van der Waals surface area contributed by atoms with Gasteiger partial charge in [-0.3, -0.25) is 4.79 Å². The van der Waals surface area contributed by atoms with Gasteiger partial charge in [0.25, 0.3) is 5.91 Å². The van der Waals surface area contributed by atoms with E-state index in [2.05, 4.69) is 15.4 Å². The minimum absolute atomic E-state index is 0.172. The van der Waals surface area contributed by atoms with Gasteiger partial charge in [0.1, 0.15) is 12.7 Å². The van der Waals surface area contributed by atoms with E-state index in [0.29, 0.717) is 17.7 Å². The third kappa shape index (κ3) is 3.88. The van der Waals surface area contributed by atoms with Crippen LogP contribution in [0.4, 0.5) is 4.39 Å². The third-order valence-corrected chi connectivity index (χ3v) is 4.08. The maximum atomic E-state index is 13.9. The molecule has 0 spiro atoms. The predicted molar refractivity (Wildman–Crippen MR) is 94.4 cm³/mol. The molecule has 0 saturated heterocycles. The van der Waals surface area contributed by atoms with Gasteiger partial charge in [-0.2, -0.15) is 5.10 Å². The number of hydrogen-bond acceptors (Lipinski definition) is 4. The summed E-state index contributed by atoms with van der Waals surface area (Å²) in [5.74, 6) is -0.521. The standard InChI is InChI=1S/C19H19FN4O2/c1-13(14-7-8-18(26-2)17(20)9-14)23-19(25)16-6-4-3-5-15(16)10-24-12-21-11-22-24/h3-9,11-13H,10H2,1-2H3,(H,23,25)/t13-/m1/s1. The third-order valence-electron chi connectivity index (χ3n) is 4.08. The van der Waals surface area contributed by atoms with Crippen molar-refractivity contribution in [2.24, 2.45) is 0 Å². The van der Waals surface area contributed by atoms with Crippen molar-refractivity contribution < 1.29 is 13.9 Å². The van der Waals surface area contributed by atoms with Crippen LogP contribution in [-0.4, -0.2) is 27.8 Å². The van der Waals surface area contributed by atoms with E-state index in [4.69, 9.17) is 4.74 Å². The molecule has 0 aliphatic rings. The molecule has 7 heteroatoms. The number of nitrogens with one attached hydrogen (secondary N) is 1. The van der Waals surface area contributed by atoms with Crippen LogP contribution in [0.15, 0.2) is 55.1 Å². The summed E-state index contributed by atoms with van der Waals surface area (Å²) in [6.45, 7) is 2.24. The lowest BCUT2D eigenvalue weighted by atomic mass is 10.0. The summed E-state index contributed by atoms with van der Waals surface area (Å²) < 4.78 is 20.5. The van der Waals surface area contributed by atoms with E-state index in [1.54, 1.807) is 42.2 Å². The van der Waals surface area contributed by atoms with Crippen LogP contribution in [-0.2, 0) is 6.54 Å². The van der Waals surface area contributed by atoms with Gasteiger partial charge in [0.2, 0.25) is 0 Å². The number of ether oxygens (including phenoxy) is 1. The topological polar surface area (TPSA) is 69.0 Å². The van der Waals surface area contributed by atoms with Crippen LogP contribution in [0.2, 0.25) is 0 Å². The van der Waals surface area contributed by atoms with Gasteiger partial charge >= 0.3 is 0 Å². The van der Waals surface area contributed by atoms with Crippen LogP contribution in [0.5, 0.6) is 5.75 Å². The summed E-state index contributed by atoms with van der Waals surface area (Å²) in [6.07, 6.45) is 3.04. The molecule has 1 N–H and O–H groups in total. The summed E-state index contributed by atoms with van der Waals surface area (Å²) >= 11 is 0. The van der Waals surface area contributed by atoms with Crippen LogP contribution in [0.3, 0.4) is 0 Å². The number of rotatable bonds is 6. The molecule has 3 rings (SSSR count). The summed E-state index contributed by atoms with van der Waals surface area (Å²) in [7, 11) is 1.41. The second kappa shape index (κ2) is 7.77. The van der Waals surface area contributed by atoms with Crippen LogP contribution >= 0.6 is 0 Å². The van der Waals surface area contributed by atoms with Gasteiger partial charge < -0.3 is 10.1 Å². The Morgan fingerprint density at radius 3 is 2.81 bits per heavy atom. The lowest BCUT2D eigenvalue weighted by molar-refractivity contribution is 0.0938. The first-order valence-electron chi connectivity index (χ1n) is 8.13. The zero-order valence-electron chi connectivity index (χ0n) is 14.5. The van der Waals surface area contributed by atoms with Gasteiger partial charge in [-0.15, -0.1) is 0 Å². The van der Waals surface area contributed by atoms with E-state index in [9.17, 15) is 9.18 Å². The second-order valence-electron chi connectivity index (χ2n) is 5.84. The number of amides is 1. The SMILES string of the molecule is COc1ccc([C@@H](C)NC(=O)c2ccccc2Cn2cncn2)cc1F. The van der Waals surface area contributed by atoms with E-state index < -0.39 is 5.82 Å². The number of hydrogen-bond donors (Lipinski definition) is 1. The van der Waals surface area contributed by atoms with Crippen molar-refractivity contribution in [2.45, 2.75) is 19.5 Å². The average molecular weight is 354 g/mol. The number of nitrogens with zero attached hydrogens (tertiary/aromatic N) is 3. The van der Waals surface area contributed by atoms with Gasteiger partial charge in [-0.05, 0) is 36.2 Å². The molecule has 1 atom stereocenters. The molecule has 3 aromatic rings. The monoisotopic (exact) mass is 354 g/mol. The minimum atomic E-state index is -0.460. The normalized spacial score (nSPS) is 11.8. The fraction of sp³-hybridized carbons (Fsp3) is 0.211. The van der Waals surface area contributed by atoms with Crippen LogP contribution < -0.4 is 10.1 Å². The van der Waals surface area contributed by atoms with Gasteiger partial charge in [0, 0.05) is 5.56 Å². The van der Waals surface area contributed by atoms with Crippen molar-refractivity contribution in [3.8, 4) is 5.75 Å². The quantitative estimate of drug-likeness (QED) is 0.739. The molecule has 6 nitrogen and oxygen atoms in total. The number of methoxy groups -OCH3 is 1. The average Bonchev–Trinajstić information content (AvgIpc) is 3.15. The smallest absolute Gasteiger partial charge is 0.252 e. The van der Waals surface area contributed by atoms with E-state index in [1.807, 2.05) is 12.1 Å². The zero-order valence-corrected chi connectivity index (χ0v) is 14.5. The molecular weight excluding hydrogens is 335 g/mol. The van der Waals surface area contributed by atoms with Gasteiger partial charge in [0.15, 0.2) is 11.6 Å². The van der Waals surface area contributed by atoms with Crippen LogP contribution in [0, 0.1) is 5.82 Å². The van der Waals surface area contributed by atoms with Crippen molar-refractivity contribution in [1.82, 2.24) is 20.1 Å². The van der Waals surface area contributed by atoms with Crippen molar-refractivity contribution >= 4 is 5.91 Å². The summed E-state index contributed by atoms with van der Waals surface area (Å²) in [5, 5.41) is 6.97. The zero-order chi connectivity index (χ0) is 18.5. The molecule has 26 heavy (non-hydrogen) atoms. The molecule has 0 aliphatic heterocycles. The first kappa shape index (κ1) is 17.6. The molecule has 0 bridgehead atoms. The van der Waals surface area contributed by atoms with E-state index in [-0.39, 0.29) is 17.7 Å². The highest BCUT2D eigenvalue weighted by atomic mass is 19.1. The van der Waals surface area contributed by atoms with Gasteiger partial charge in [-0.25, -0.2) is 14.1 Å². The summed E-state index contributed by atoms with van der Waals surface area (Å²) in [5.41, 5.74) is 2.03. The maximum absolute atomic E-state index is 13.9. The lowest BCUT2D eigenvalue weighted by Gasteiger charge is -2.17. The summed E-state index contributed by atoms with van der Waals surface area (Å²) in [6, 6.07) is 11.6. The largest absolute Gasteiger partial charge is 0.494 e. The van der Waals surface area contributed by atoms with E-state index in [1.165, 1.54) is 19.5 Å². The Bertz CT molecular complexity index is 896. The fourth-order valence-electron chi connectivity index (χ4n) is 2.68. The Hall–Kier alpha value is -3.22. The molecular formula is C19H19FN4O2. The second-order valence-corrected chi connectivity index (χ2v) is 5.84.